The molecule has 0 aliphatic rings. The molecule has 0 aliphatic heterocycles. The number of carbonyl (C=O) groups is 1. The zero-order valence-electron chi connectivity index (χ0n) is 14.4. The van der Waals surface area contributed by atoms with Gasteiger partial charge in [-0.05, 0) is 48.0 Å². The second-order valence-electron chi connectivity index (χ2n) is 5.76. The first-order chi connectivity index (χ1) is 12.7. The fraction of sp³-hybridized carbons (Fsp3) is 0.0952. The number of para-hydroxylation sites is 1. The Morgan fingerprint density at radius 1 is 1.00 bits per heavy atom. The van der Waals surface area contributed by atoms with E-state index in [2.05, 4.69) is 10.6 Å². The Bertz CT molecular complexity index is 878. The first-order valence-electron chi connectivity index (χ1n) is 8.22. The third-order valence-corrected chi connectivity index (χ3v) is 3.91. The molecule has 0 saturated heterocycles. The Morgan fingerprint density at radius 2 is 1.73 bits per heavy atom. The Balaban J connectivity index is 1.75. The molecular weight excluding hydrogens is 328 g/mol. The van der Waals surface area contributed by atoms with Crippen molar-refractivity contribution in [3.05, 3.63) is 83.9 Å². The molecule has 3 rings (SSSR count). The van der Waals surface area contributed by atoms with Gasteiger partial charge in [-0.2, -0.15) is 0 Å². The van der Waals surface area contributed by atoms with E-state index in [0.29, 0.717) is 17.9 Å². The monoisotopic (exact) mass is 348 g/mol. The van der Waals surface area contributed by atoms with E-state index in [0.717, 1.165) is 16.9 Å². The molecule has 132 valence electrons. The molecule has 0 fully saturated rings. The smallest absolute Gasteiger partial charge is 0.255 e. The van der Waals surface area contributed by atoms with Gasteiger partial charge in [0.05, 0.1) is 12.8 Å². The van der Waals surface area contributed by atoms with Gasteiger partial charge in [-0.15, -0.1) is 0 Å². The lowest BCUT2D eigenvalue weighted by Crippen LogP contribution is -2.12. The number of phenols is 1. The van der Waals surface area contributed by atoms with Crippen LogP contribution in [0.2, 0.25) is 0 Å². The number of ether oxygens (including phenoxy) is 1. The van der Waals surface area contributed by atoms with E-state index in [9.17, 15) is 9.90 Å². The van der Waals surface area contributed by atoms with Crippen molar-refractivity contribution in [3.8, 4) is 11.5 Å². The number of aromatic hydroxyl groups is 1. The average Bonchev–Trinajstić information content (AvgIpc) is 2.68. The van der Waals surface area contributed by atoms with Crippen LogP contribution in [0.4, 0.5) is 11.4 Å². The number of benzene rings is 3. The van der Waals surface area contributed by atoms with Gasteiger partial charge in [0.2, 0.25) is 0 Å². The third-order valence-electron chi connectivity index (χ3n) is 3.91. The summed E-state index contributed by atoms with van der Waals surface area (Å²) in [7, 11) is 1.59. The summed E-state index contributed by atoms with van der Waals surface area (Å²) in [5.74, 6) is 0.692. The lowest BCUT2D eigenvalue weighted by Gasteiger charge is -2.13. The summed E-state index contributed by atoms with van der Waals surface area (Å²) < 4.78 is 5.37. The summed E-state index contributed by atoms with van der Waals surface area (Å²) in [6.45, 7) is 0.542. The van der Waals surface area contributed by atoms with E-state index in [4.69, 9.17) is 4.74 Å². The summed E-state index contributed by atoms with van der Waals surface area (Å²) in [6.07, 6.45) is 0. The minimum Gasteiger partial charge on any atom is -0.508 e. The van der Waals surface area contributed by atoms with E-state index >= 15 is 0 Å². The molecule has 3 aromatic carbocycles. The zero-order chi connectivity index (χ0) is 18.4. The normalized spacial score (nSPS) is 10.2. The van der Waals surface area contributed by atoms with Crippen LogP contribution in [0.3, 0.4) is 0 Å². The van der Waals surface area contributed by atoms with Gasteiger partial charge < -0.3 is 20.5 Å². The fourth-order valence-corrected chi connectivity index (χ4v) is 2.52. The van der Waals surface area contributed by atoms with E-state index in [1.807, 2.05) is 42.5 Å². The second-order valence-corrected chi connectivity index (χ2v) is 5.76. The number of rotatable bonds is 6. The molecule has 5 nitrogen and oxygen atoms in total. The molecule has 0 atom stereocenters. The molecule has 0 bridgehead atoms. The van der Waals surface area contributed by atoms with Gasteiger partial charge in [-0.3, -0.25) is 4.79 Å². The van der Waals surface area contributed by atoms with Crippen molar-refractivity contribution in [2.45, 2.75) is 6.54 Å². The molecule has 0 heterocycles. The topological polar surface area (TPSA) is 70.6 Å². The van der Waals surface area contributed by atoms with Crippen molar-refractivity contribution in [2.75, 3.05) is 17.7 Å². The van der Waals surface area contributed by atoms with E-state index in [-0.39, 0.29) is 11.7 Å². The van der Waals surface area contributed by atoms with E-state index in [1.165, 1.54) is 0 Å². The lowest BCUT2D eigenvalue weighted by molar-refractivity contribution is 0.102. The summed E-state index contributed by atoms with van der Waals surface area (Å²) in [5, 5.41) is 15.5. The van der Waals surface area contributed by atoms with Crippen LogP contribution < -0.4 is 15.4 Å². The summed E-state index contributed by atoms with van der Waals surface area (Å²) >= 11 is 0. The maximum Gasteiger partial charge on any atom is 0.255 e. The van der Waals surface area contributed by atoms with Crippen LogP contribution in [0.1, 0.15) is 15.9 Å². The van der Waals surface area contributed by atoms with Crippen molar-refractivity contribution in [3.63, 3.8) is 0 Å². The van der Waals surface area contributed by atoms with Crippen LogP contribution in [0, 0.1) is 0 Å². The Labute approximate surface area is 152 Å². The maximum absolute atomic E-state index is 12.5. The number of phenolic OH excluding ortho intramolecular Hbond substituents is 1. The summed E-state index contributed by atoms with van der Waals surface area (Å²) in [5.41, 5.74) is 3.00. The molecule has 0 saturated carbocycles. The Hall–Kier alpha value is -3.47. The molecule has 0 radical (unpaired) electrons. The number of carbonyl (C=O) groups excluding carboxylic acids is 1. The Kier molecular flexibility index (Phi) is 5.39. The highest BCUT2D eigenvalue weighted by Gasteiger charge is 2.10. The van der Waals surface area contributed by atoms with Gasteiger partial charge in [0.25, 0.3) is 5.91 Å². The fourth-order valence-electron chi connectivity index (χ4n) is 2.52. The maximum atomic E-state index is 12.5. The van der Waals surface area contributed by atoms with Gasteiger partial charge in [-0.25, -0.2) is 0 Å². The van der Waals surface area contributed by atoms with Gasteiger partial charge in [0.15, 0.2) is 0 Å². The highest BCUT2D eigenvalue weighted by atomic mass is 16.5. The SMILES string of the molecule is COc1ccc(C(=O)Nc2ccccc2)cc1NCc1ccc(O)cc1. The predicted octanol–water partition coefficient (Wildman–Crippen LogP) is 4.27. The first kappa shape index (κ1) is 17.4. The van der Waals surface area contributed by atoms with Crippen molar-refractivity contribution < 1.29 is 14.6 Å². The number of hydrogen-bond donors (Lipinski definition) is 3. The molecule has 0 aliphatic carbocycles. The quantitative estimate of drug-likeness (QED) is 0.622. The van der Waals surface area contributed by atoms with Crippen LogP contribution in [-0.2, 0) is 6.54 Å². The minimum atomic E-state index is -0.188. The molecule has 0 unspecified atom stereocenters. The van der Waals surface area contributed by atoms with Crippen LogP contribution in [0.25, 0.3) is 0 Å². The third kappa shape index (κ3) is 4.33. The van der Waals surface area contributed by atoms with Gasteiger partial charge in [-0.1, -0.05) is 30.3 Å². The molecule has 5 heteroatoms. The van der Waals surface area contributed by atoms with Crippen molar-refractivity contribution in [1.82, 2.24) is 0 Å². The summed E-state index contributed by atoms with van der Waals surface area (Å²) in [6, 6.07) is 21.5. The highest BCUT2D eigenvalue weighted by molar-refractivity contribution is 6.05. The highest BCUT2D eigenvalue weighted by Crippen LogP contribution is 2.26. The lowest BCUT2D eigenvalue weighted by atomic mass is 10.1. The predicted molar refractivity (Wildman–Crippen MR) is 103 cm³/mol. The molecule has 0 aromatic heterocycles. The first-order valence-corrected chi connectivity index (χ1v) is 8.22. The summed E-state index contributed by atoms with van der Waals surface area (Å²) in [4.78, 5) is 12.5. The van der Waals surface area contributed by atoms with Gasteiger partial charge >= 0.3 is 0 Å². The second kappa shape index (κ2) is 8.07. The number of amides is 1. The minimum absolute atomic E-state index is 0.188. The van der Waals surface area contributed by atoms with Crippen LogP contribution in [-0.4, -0.2) is 18.1 Å². The van der Waals surface area contributed by atoms with E-state index in [1.54, 1.807) is 37.4 Å². The van der Waals surface area contributed by atoms with Gasteiger partial charge in [0, 0.05) is 17.8 Å². The number of hydrogen-bond acceptors (Lipinski definition) is 4. The van der Waals surface area contributed by atoms with Crippen LogP contribution >= 0.6 is 0 Å². The largest absolute Gasteiger partial charge is 0.508 e. The van der Waals surface area contributed by atoms with Gasteiger partial charge in [0.1, 0.15) is 11.5 Å². The van der Waals surface area contributed by atoms with Crippen molar-refractivity contribution >= 4 is 17.3 Å². The average molecular weight is 348 g/mol. The number of nitrogens with one attached hydrogen (secondary N) is 2. The standard InChI is InChI=1S/C21H20N2O3/c1-26-20-12-9-16(21(25)23-17-5-3-2-4-6-17)13-19(20)22-14-15-7-10-18(24)11-8-15/h2-13,22,24H,14H2,1H3,(H,23,25). The van der Waals surface area contributed by atoms with Crippen LogP contribution in [0.5, 0.6) is 11.5 Å². The number of anilines is 2. The zero-order valence-corrected chi connectivity index (χ0v) is 14.4. The molecule has 3 N–H and O–H groups in total. The van der Waals surface area contributed by atoms with Crippen molar-refractivity contribution in [2.24, 2.45) is 0 Å². The molecule has 1 amide bonds. The molecular formula is C21H20N2O3. The molecule has 26 heavy (non-hydrogen) atoms. The van der Waals surface area contributed by atoms with Crippen LogP contribution in [0.15, 0.2) is 72.8 Å². The number of methoxy groups -OCH3 is 1. The Morgan fingerprint density at radius 3 is 2.42 bits per heavy atom. The molecule has 3 aromatic rings. The van der Waals surface area contributed by atoms with E-state index < -0.39 is 0 Å². The van der Waals surface area contributed by atoms with Crippen molar-refractivity contribution in [1.29, 1.82) is 0 Å². The molecule has 0 spiro atoms.